The lowest BCUT2D eigenvalue weighted by Gasteiger charge is -2.35. The van der Waals surface area contributed by atoms with E-state index in [0.29, 0.717) is 5.69 Å². The van der Waals surface area contributed by atoms with Gasteiger partial charge in [-0.1, -0.05) is 322 Å². The third kappa shape index (κ3) is 13.0. The number of fused-ring (bicyclic) bond motifs is 18. The first-order valence-corrected chi connectivity index (χ1v) is 48.8. The molecule has 0 atom stereocenters. The maximum atomic E-state index is 8.15. The van der Waals surface area contributed by atoms with Crippen LogP contribution in [0.2, 0.25) is 0 Å². The molecule has 0 radical (unpaired) electrons. The predicted octanol–water partition coefficient (Wildman–Crippen LogP) is 32.0. The lowest BCUT2D eigenvalue weighted by molar-refractivity contribution is 0.670. The highest BCUT2D eigenvalue weighted by molar-refractivity contribution is 7.26. The average molecular weight is 1750 g/mol. The summed E-state index contributed by atoms with van der Waals surface area (Å²) in [5.74, 6) is 0. The topological polar surface area (TPSA) is 37.2 Å². The smallest absolute Gasteiger partial charge is 0.188 e. The van der Waals surface area contributed by atoms with Crippen LogP contribution in [0, 0.1) is 6.57 Å². The van der Waals surface area contributed by atoms with Crippen molar-refractivity contribution in [2.24, 2.45) is 0 Å². The standard InChI is InChI=1S/C72H48N2SSi.C55H33N3O/c1-6-21-54(22-7-1)73-67-35-18-16-31-61(67)64-46-49(37-40-68(64)73)52-43-53(45-59(44-52)76(56-25-10-3-11-26-56,57-27-12-4-13-28-57)58-29-14-5-15-30-58)50-38-41-69-65(47-50)66-48-51(39-42-70(66)74(69)55-23-8-2-9-24-55)60-33-20-34-63-62-32-17-19-36-71(62)75-72(60)63;1-56-40-30-38(35-23-26-51-47(32-35)44-17-8-10-21-50(44)57(51)41-13-4-2-5-14-41)29-39(31-40)36-24-27-52-48(33-36)49-34-37(25-28-53(49)58(52)42-15-6-3-7-16-42)43-19-12-20-46-45-18-9-11-22-54(45)59-55(43)46/h1-48H;2-34H. The molecule has 0 aliphatic rings. The minimum atomic E-state index is -2.99. The van der Waals surface area contributed by atoms with Gasteiger partial charge in [0, 0.05) is 102 Å². The number of benzene rings is 21. The maximum absolute atomic E-state index is 8.15. The molecule has 8 heteroatoms. The monoisotopic (exact) mass is 1750 g/mol. The van der Waals surface area contributed by atoms with Crippen LogP contribution in [0.4, 0.5) is 5.69 Å². The molecule has 6 nitrogen and oxygen atoms in total. The molecule has 0 saturated heterocycles. The second-order valence-corrected chi connectivity index (χ2v) is 40.1. The largest absolute Gasteiger partial charge is 0.455 e. The van der Waals surface area contributed by atoms with Gasteiger partial charge in [-0.2, -0.15) is 0 Å². The average Bonchev–Trinajstić information content (AvgIpc) is 1.66. The zero-order valence-corrected chi connectivity index (χ0v) is 75.1. The van der Waals surface area contributed by atoms with Crippen molar-refractivity contribution in [3.8, 4) is 89.5 Å². The summed E-state index contributed by atoms with van der Waals surface area (Å²) in [5, 5.41) is 19.8. The van der Waals surface area contributed by atoms with Gasteiger partial charge in [0.25, 0.3) is 0 Å². The van der Waals surface area contributed by atoms with Crippen molar-refractivity contribution < 1.29 is 4.42 Å². The van der Waals surface area contributed by atoms with Crippen LogP contribution in [0.1, 0.15) is 0 Å². The fourth-order valence-electron chi connectivity index (χ4n) is 21.7. The number of hydrogen-bond acceptors (Lipinski definition) is 2. The van der Waals surface area contributed by atoms with Gasteiger partial charge in [0.15, 0.2) is 13.8 Å². The first-order chi connectivity index (χ1) is 66.9. The second-order valence-electron chi connectivity index (χ2n) is 35.2. The fraction of sp³-hybridized carbons (Fsp3) is 0. The summed E-state index contributed by atoms with van der Waals surface area (Å²) in [6.07, 6.45) is 0. The third-order valence-electron chi connectivity index (χ3n) is 27.7. The van der Waals surface area contributed by atoms with Gasteiger partial charge in [0.1, 0.15) is 11.2 Å². The van der Waals surface area contributed by atoms with Crippen molar-refractivity contribution in [1.82, 2.24) is 18.3 Å². The van der Waals surface area contributed by atoms with Crippen molar-refractivity contribution in [2.75, 3.05) is 0 Å². The number of thiophene rings is 1. The highest BCUT2D eigenvalue weighted by Gasteiger charge is 2.42. The molecule has 0 fully saturated rings. The molecule has 0 amide bonds. The van der Waals surface area contributed by atoms with Crippen molar-refractivity contribution in [3.05, 3.63) is 503 Å². The van der Waals surface area contributed by atoms with Gasteiger partial charge in [0.05, 0.1) is 50.7 Å². The number of aromatic nitrogens is 4. The van der Waals surface area contributed by atoms with E-state index >= 15 is 0 Å². The van der Waals surface area contributed by atoms with Crippen LogP contribution in [0.3, 0.4) is 0 Å². The van der Waals surface area contributed by atoms with Gasteiger partial charge < -0.3 is 22.7 Å². The number of para-hydroxylation sites is 8. The molecule has 135 heavy (non-hydrogen) atoms. The van der Waals surface area contributed by atoms with Crippen LogP contribution in [-0.2, 0) is 0 Å². The van der Waals surface area contributed by atoms with Crippen molar-refractivity contribution in [3.63, 3.8) is 0 Å². The Bertz CT molecular complexity index is 9340. The summed E-state index contributed by atoms with van der Waals surface area (Å²) in [6, 6.07) is 180. The number of hydrogen-bond donors (Lipinski definition) is 0. The van der Waals surface area contributed by atoms with E-state index in [2.05, 4.69) is 490 Å². The van der Waals surface area contributed by atoms with Crippen LogP contribution < -0.4 is 20.7 Å². The molecular formula is C127H81N5OSSi. The number of nitrogens with zero attached hydrogens (tertiary/aromatic N) is 5. The minimum absolute atomic E-state index is 0.609. The molecule has 6 heterocycles. The second kappa shape index (κ2) is 32.3. The van der Waals surface area contributed by atoms with Crippen LogP contribution >= 0.6 is 11.3 Å². The van der Waals surface area contributed by atoms with Gasteiger partial charge in [-0.15, -0.1) is 11.3 Å². The SMILES string of the molecule is [C-]#[N+]c1cc(-c2ccc3c(c2)c2ccccc2n3-c2ccccc2)cc(-c2ccc3c(c2)c2cc(-c4cccc5c4oc4ccccc45)ccc2n3-c2ccccc2)c1.c1ccc(-n2c3ccccc3c3cc(-c4cc(-c5ccc6c(c5)c5cc(-c7cccc8c7sc7ccccc78)ccc5n6-c5ccccc5)cc([Si](c5ccccc5)(c5ccccc5)c5ccccc5)c4)ccc32)cc1. The predicted molar refractivity (Wildman–Crippen MR) is 573 cm³/mol. The van der Waals surface area contributed by atoms with Gasteiger partial charge in [-0.3, -0.25) is 0 Å². The molecule has 0 unspecified atom stereocenters. The van der Waals surface area contributed by atoms with Crippen LogP contribution in [0.15, 0.2) is 496 Å². The highest BCUT2D eigenvalue weighted by Crippen LogP contribution is 2.47. The Morgan fingerprint density at radius 3 is 0.926 bits per heavy atom. The molecule has 0 aliphatic carbocycles. The first kappa shape index (κ1) is 78.6. The molecule has 630 valence electrons. The molecule has 27 rings (SSSR count). The van der Waals surface area contributed by atoms with E-state index in [4.69, 9.17) is 11.0 Å². The summed E-state index contributed by atoms with van der Waals surface area (Å²) in [5.41, 5.74) is 29.8. The number of rotatable bonds is 14. The molecule has 0 saturated carbocycles. The Kier molecular flexibility index (Phi) is 18.8. The van der Waals surface area contributed by atoms with Crippen molar-refractivity contribution in [2.45, 2.75) is 0 Å². The lowest BCUT2D eigenvalue weighted by atomic mass is 9.95. The van der Waals surface area contributed by atoms with Gasteiger partial charge >= 0.3 is 0 Å². The normalized spacial score (nSPS) is 11.8. The fourth-order valence-corrected chi connectivity index (χ4v) is 27.7. The summed E-state index contributed by atoms with van der Waals surface area (Å²) in [7, 11) is -2.99. The Morgan fingerprint density at radius 2 is 0.511 bits per heavy atom. The minimum Gasteiger partial charge on any atom is -0.455 e. The van der Waals surface area contributed by atoms with Crippen LogP contribution in [0.25, 0.3) is 224 Å². The highest BCUT2D eigenvalue weighted by atomic mass is 32.1. The maximum Gasteiger partial charge on any atom is 0.188 e. The zero-order chi connectivity index (χ0) is 89.2. The molecular weight excluding hydrogens is 1670 g/mol. The zero-order valence-electron chi connectivity index (χ0n) is 73.3. The van der Waals surface area contributed by atoms with Crippen LogP contribution in [-0.4, -0.2) is 26.3 Å². The molecule has 6 aromatic heterocycles. The summed E-state index contributed by atoms with van der Waals surface area (Å²) >= 11 is 1.89. The van der Waals surface area contributed by atoms with E-state index in [-0.39, 0.29) is 0 Å². The van der Waals surface area contributed by atoms with Crippen molar-refractivity contribution >= 4 is 175 Å². The Balaban J connectivity index is 0.000000145. The molecule has 0 aliphatic heterocycles. The van der Waals surface area contributed by atoms with Crippen LogP contribution in [0.5, 0.6) is 0 Å². The van der Waals surface area contributed by atoms with E-state index in [9.17, 15) is 0 Å². The van der Waals surface area contributed by atoms with E-state index in [1.807, 2.05) is 35.6 Å². The summed E-state index contributed by atoms with van der Waals surface area (Å²) < 4.78 is 18.7. The van der Waals surface area contributed by atoms with E-state index in [1.165, 1.54) is 134 Å². The van der Waals surface area contributed by atoms with E-state index in [0.717, 1.165) is 105 Å². The van der Waals surface area contributed by atoms with Gasteiger partial charge in [0.2, 0.25) is 0 Å². The van der Waals surface area contributed by atoms with Gasteiger partial charge in [-0.25, -0.2) is 4.85 Å². The molecule has 0 N–H and O–H groups in total. The molecule has 0 bridgehead atoms. The summed E-state index contributed by atoms with van der Waals surface area (Å²) in [4.78, 5) is 3.97. The summed E-state index contributed by atoms with van der Waals surface area (Å²) in [6.45, 7) is 8.15. The van der Waals surface area contributed by atoms with E-state index < -0.39 is 8.07 Å². The molecule has 0 spiro atoms. The number of furan rings is 1. The quantitative estimate of drug-likeness (QED) is 0.0607. The molecule has 21 aromatic carbocycles. The molecule has 27 aromatic rings. The van der Waals surface area contributed by atoms with Gasteiger partial charge in [-0.05, 0) is 252 Å². The first-order valence-electron chi connectivity index (χ1n) is 46.0. The van der Waals surface area contributed by atoms with E-state index in [1.54, 1.807) is 0 Å². The lowest BCUT2D eigenvalue weighted by Crippen LogP contribution is -2.74. The Hall–Kier alpha value is -17.5. The van der Waals surface area contributed by atoms with Crippen molar-refractivity contribution in [1.29, 1.82) is 0 Å². The Morgan fingerprint density at radius 1 is 0.207 bits per heavy atom. The Labute approximate surface area is 784 Å². The third-order valence-corrected chi connectivity index (χ3v) is 33.7.